The van der Waals surface area contributed by atoms with E-state index in [1.165, 1.54) is 25.7 Å². The van der Waals surface area contributed by atoms with Crippen LogP contribution in [0.5, 0.6) is 11.5 Å². The molecule has 2 aliphatic rings. The second-order valence-electron chi connectivity index (χ2n) is 6.34. The van der Waals surface area contributed by atoms with Gasteiger partial charge in [-0.25, -0.2) is 0 Å². The summed E-state index contributed by atoms with van der Waals surface area (Å²) >= 11 is 13.0. The van der Waals surface area contributed by atoms with Gasteiger partial charge in [0.25, 0.3) is 0 Å². The average Bonchev–Trinajstić information content (AvgIpc) is 3.09. The van der Waals surface area contributed by atoms with E-state index in [0.29, 0.717) is 16.5 Å². The van der Waals surface area contributed by atoms with Gasteiger partial charge < -0.3 is 9.47 Å². The van der Waals surface area contributed by atoms with Crippen molar-refractivity contribution in [2.75, 3.05) is 14.2 Å². The average molecular weight is 329 g/mol. The fraction of sp³-hybridized carbons (Fsp3) is 0.647. The predicted octanol–water partition coefficient (Wildman–Crippen LogP) is 5.46. The van der Waals surface area contributed by atoms with Crippen molar-refractivity contribution in [1.82, 2.24) is 0 Å². The summed E-state index contributed by atoms with van der Waals surface area (Å²) in [6, 6.07) is 3.85. The molecule has 21 heavy (non-hydrogen) atoms. The lowest BCUT2D eigenvalue weighted by molar-refractivity contribution is 0.309. The Bertz CT molecular complexity index is 518. The molecule has 0 saturated heterocycles. The summed E-state index contributed by atoms with van der Waals surface area (Å²) in [4.78, 5) is 0. The molecular weight excluding hydrogens is 307 g/mol. The quantitative estimate of drug-likeness (QED) is 0.668. The Morgan fingerprint density at radius 3 is 2.57 bits per heavy atom. The van der Waals surface area contributed by atoms with Crippen molar-refractivity contribution in [2.45, 2.75) is 37.5 Å². The Balaban J connectivity index is 1.78. The molecule has 2 aliphatic carbocycles. The minimum absolute atomic E-state index is 0.0484. The van der Waals surface area contributed by atoms with Gasteiger partial charge in [-0.15, -0.1) is 11.6 Å². The third-order valence-corrected chi connectivity index (χ3v) is 6.02. The third-order valence-electron chi connectivity index (χ3n) is 5.25. The van der Waals surface area contributed by atoms with Crippen molar-refractivity contribution in [3.63, 3.8) is 0 Å². The van der Waals surface area contributed by atoms with E-state index in [0.717, 1.165) is 29.7 Å². The van der Waals surface area contributed by atoms with Gasteiger partial charge in [-0.05, 0) is 49.5 Å². The number of benzene rings is 1. The molecule has 0 heterocycles. The van der Waals surface area contributed by atoms with E-state index in [9.17, 15) is 0 Å². The van der Waals surface area contributed by atoms with Crippen molar-refractivity contribution in [3.05, 3.63) is 22.7 Å². The number of alkyl halides is 1. The van der Waals surface area contributed by atoms with E-state index >= 15 is 0 Å². The molecule has 3 rings (SSSR count). The molecule has 1 aromatic rings. The Morgan fingerprint density at radius 2 is 2.00 bits per heavy atom. The first-order valence-electron chi connectivity index (χ1n) is 7.68. The van der Waals surface area contributed by atoms with Gasteiger partial charge in [0.15, 0.2) is 0 Å². The molecule has 2 saturated carbocycles. The fourth-order valence-corrected chi connectivity index (χ4v) is 4.95. The van der Waals surface area contributed by atoms with Crippen molar-refractivity contribution in [1.29, 1.82) is 0 Å². The van der Waals surface area contributed by atoms with Crippen LogP contribution in [-0.2, 0) is 0 Å². The molecule has 4 heteroatoms. The molecule has 0 radical (unpaired) electrons. The van der Waals surface area contributed by atoms with Gasteiger partial charge in [0.05, 0.1) is 19.6 Å². The molecule has 2 fully saturated rings. The molecule has 4 atom stereocenters. The smallest absolute Gasteiger partial charge is 0.145 e. The van der Waals surface area contributed by atoms with Crippen LogP contribution in [0, 0.1) is 17.8 Å². The van der Waals surface area contributed by atoms with Gasteiger partial charge in [-0.3, -0.25) is 0 Å². The maximum absolute atomic E-state index is 6.70. The lowest BCUT2D eigenvalue weighted by atomic mass is 9.84. The maximum atomic E-state index is 6.70. The number of fused-ring (bicyclic) bond motifs is 2. The highest BCUT2D eigenvalue weighted by atomic mass is 35.5. The Morgan fingerprint density at radius 1 is 1.19 bits per heavy atom. The summed E-state index contributed by atoms with van der Waals surface area (Å²) in [5.74, 6) is 3.87. The maximum Gasteiger partial charge on any atom is 0.145 e. The van der Waals surface area contributed by atoms with Crippen LogP contribution in [0.1, 0.15) is 43.0 Å². The lowest BCUT2D eigenvalue weighted by Crippen LogP contribution is -2.13. The van der Waals surface area contributed by atoms with Crippen LogP contribution in [0.3, 0.4) is 0 Å². The first kappa shape index (κ1) is 15.3. The zero-order valence-corrected chi connectivity index (χ0v) is 14.1. The van der Waals surface area contributed by atoms with Crippen molar-refractivity contribution >= 4 is 23.2 Å². The molecular formula is C17H22Cl2O2. The molecule has 0 aromatic heterocycles. The van der Waals surface area contributed by atoms with Crippen LogP contribution in [0.4, 0.5) is 0 Å². The number of halogens is 2. The Kier molecular flexibility index (Phi) is 4.56. The van der Waals surface area contributed by atoms with E-state index in [2.05, 4.69) is 0 Å². The number of ether oxygens (including phenoxy) is 2. The van der Waals surface area contributed by atoms with Crippen molar-refractivity contribution in [3.8, 4) is 11.5 Å². The highest BCUT2D eigenvalue weighted by Gasteiger charge is 2.40. The molecule has 0 N–H and O–H groups in total. The summed E-state index contributed by atoms with van der Waals surface area (Å²) in [6.45, 7) is 0. The van der Waals surface area contributed by atoms with Crippen LogP contribution < -0.4 is 9.47 Å². The summed E-state index contributed by atoms with van der Waals surface area (Å²) in [7, 11) is 3.24. The monoisotopic (exact) mass is 328 g/mol. The number of hydrogen-bond donors (Lipinski definition) is 0. The summed E-state index contributed by atoms with van der Waals surface area (Å²) in [6.07, 6.45) is 6.59. The number of rotatable bonds is 5. The van der Waals surface area contributed by atoms with Gasteiger partial charge >= 0.3 is 0 Å². The van der Waals surface area contributed by atoms with Gasteiger partial charge in [0.2, 0.25) is 0 Å². The van der Waals surface area contributed by atoms with E-state index in [1.54, 1.807) is 14.2 Å². The normalized spacial score (nSPS) is 28.7. The number of methoxy groups -OCH3 is 2. The summed E-state index contributed by atoms with van der Waals surface area (Å²) < 4.78 is 10.7. The van der Waals surface area contributed by atoms with Crippen LogP contribution in [0.2, 0.25) is 5.02 Å². The summed E-state index contributed by atoms with van der Waals surface area (Å²) in [5.41, 5.74) is 0.979. The molecule has 1 aromatic carbocycles. The van der Waals surface area contributed by atoms with Gasteiger partial charge in [0.1, 0.15) is 16.5 Å². The minimum Gasteiger partial charge on any atom is -0.495 e. The largest absolute Gasteiger partial charge is 0.495 e. The van der Waals surface area contributed by atoms with E-state index < -0.39 is 0 Å². The lowest BCUT2D eigenvalue weighted by Gasteiger charge is -2.25. The zero-order chi connectivity index (χ0) is 15.0. The standard InChI is InChI=1S/C17H22Cl2O2/c1-20-15-6-5-13(17(21-2)16(15)19)14(18)9-12-8-10-3-4-11(12)7-10/h5-6,10-12,14H,3-4,7-9H2,1-2H3. The highest BCUT2D eigenvalue weighted by Crippen LogP contribution is 2.52. The third kappa shape index (κ3) is 2.85. The highest BCUT2D eigenvalue weighted by molar-refractivity contribution is 6.34. The second-order valence-corrected chi connectivity index (χ2v) is 7.25. The Labute approximate surface area is 136 Å². The topological polar surface area (TPSA) is 18.5 Å². The minimum atomic E-state index is -0.0484. The van der Waals surface area contributed by atoms with Crippen LogP contribution in [0.25, 0.3) is 0 Å². The van der Waals surface area contributed by atoms with Crippen LogP contribution >= 0.6 is 23.2 Å². The molecule has 116 valence electrons. The van der Waals surface area contributed by atoms with E-state index in [-0.39, 0.29) is 5.38 Å². The second kappa shape index (κ2) is 6.26. The predicted molar refractivity (Wildman–Crippen MR) is 86.7 cm³/mol. The van der Waals surface area contributed by atoms with Gasteiger partial charge in [-0.2, -0.15) is 0 Å². The van der Waals surface area contributed by atoms with Crippen LogP contribution in [0.15, 0.2) is 12.1 Å². The first-order chi connectivity index (χ1) is 10.1. The first-order valence-corrected chi connectivity index (χ1v) is 8.50. The Hall–Kier alpha value is -0.600. The summed E-state index contributed by atoms with van der Waals surface area (Å²) in [5, 5.41) is 0.462. The molecule has 0 amide bonds. The van der Waals surface area contributed by atoms with Crippen molar-refractivity contribution < 1.29 is 9.47 Å². The SMILES string of the molecule is COc1ccc(C(Cl)CC2CC3CCC2C3)c(OC)c1Cl. The van der Waals surface area contributed by atoms with E-state index in [1.807, 2.05) is 12.1 Å². The molecule has 0 spiro atoms. The van der Waals surface area contributed by atoms with Crippen molar-refractivity contribution in [2.24, 2.45) is 17.8 Å². The fourth-order valence-electron chi connectivity index (χ4n) is 4.22. The van der Waals surface area contributed by atoms with Gasteiger partial charge in [0, 0.05) is 5.56 Å². The number of hydrogen-bond acceptors (Lipinski definition) is 2. The van der Waals surface area contributed by atoms with Crippen LogP contribution in [-0.4, -0.2) is 14.2 Å². The molecule has 2 nitrogen and oxygen atoms in total. The molecule has 4 unspecified atom stereocenters. The van der Waals surface area contributed by atoms with Gasteiger partial charge in [-0.1, -0.05) is 24.1 Å². The van der Waals surface area contributed by atoms with E-state index in [4.69, 9.17) is 32.7 Å². The molecule has 0 aliphatic heterocycles. The zero-order valence-electron chi connectivity index (χ0n) is 12.6. The molecule has 2 bridgehead atoms.